The lowest BCUT2D eigenvalue weighted by Crippen LogP contribution is -2.34. The summed E-state index contributed by atoms with van der Waals surface area (Å²) in [5, 5.41) is 0. The average Bonchev–Trinajstić information content (AvgIpc) is 3.10. The van der Waals surface area contributed by atoms with Crippen LogP contribution in [0.2, 0.25) is 0 Å². The number of benzene rings is 1. The first-order chi connectivity index (χ1) is 11.1. The maximum Gasteiger partial charge on any atom is 0.307 e. The molecule has 0 fully saturated rings. The van der Waals surface area contributed by atoms with E-state index in [1.807, 2.05) is 0 Å². The van der Waals surface area contributed by atoms with Gasteiger partial charge in [-0.3, -0.25) is 9.59 Å². The van der Waals surface area contributed by atoms with Crippen molar-refractivity contribution < 1.29 is 23.1 Å². The molecule has 0 saturated heterocycles. The molecule has 0 aliphatic rings. The van der Waals surface area contributed by atoms with Gasteiger partial charge in [0.2, 0.25) is 0 Å². The molecule has 1 aromatic carbocycles. The minimum Gasteiger partial charge on any atom is -0.469 e. The van der Waals surface area contributed by atoms with Crippen LogP contribution in [-0.4, -0.2) is 37.0 Å². The molecule has 2 rings (SSSR count). The zero-order valence-corrected chi connectivity index (χ0v) is 12.8. The molecule has 0 bridgehead atoms. The second-order valence-electron chi connectivity index (χ2n) is 4.97. The van der Waals surface area contributed by atoms with Gasteiger partial charge in [0.1, 0.15) is 5.82 Å². The zero-order valence-electron chi connectivity index (χ0n) is 12.8. The molecule has 0 saturated carbocycles. The van der Waals surface area contributed by atoms with E-state index in [1.54, 1.807) is 24.3 Å². The summed E-state index contributed by atoms with van der Waals surface area (Å²) in [5.74, 6) is -0.762. The number of ether oxygens (including phenoxy) is 1. The number of hydrogen-bond acceptors (Lipinski definition) is 4. The molecule has 6 heteroatoms. The number of methoxy groups -OCH3 is 1. The van der Waals surface area contributed by atoms with Gasteiger partial charge < -0.3 is 14.1 Å². The number of halogens is 1. The fourth-order valence-corrected chi connectivity index (χ4v) is 2.11. The first-order valence-electron chi connectivity index (χ1n) is 7.24. The Labute approximate surface area is 133 Å². The summed E-state index contributed by atoms with van der Waals surface area (Å²) in [7, 11) is 1.31. The first kappa shape index (κ1) is 16.7. The van der Waals surface area contributed by atoms with Crippen molar-refractivity contribution in [3.63, 3.8) is 0 Å². The highest BCUT2D eigenvalue weighted by atomic mass is 19.1. The van der Waals surface area contributed by atoms with Crippen LogP contribution in [0.15, 0.2) is 47.1 Å². The molecule has 0 atom stereocenters. The van der Waals surface area contributed by atoms with Crippen LogP contribution in [-0.2, 0) is 16.0 Å². The van der Waals surface area contributed by atoms with Gasteiger partial charge in [-0.25, -0.2) is 4.39 Å². The quantitative estimate of drug-likeness (QED) is 0.736. The van der Waals surface area contributed by atoms with Gasteiger partial charge in [0.05, 0.1) is 19.8 Å². The van der Waals surface area contributed by atoms with Crippen LogP contribution in [0, 0.1) is 5.82 Å². The Hall–Kier alpha value is -2.63. The predicted octanol–water partition coefficient (Wildman–Crippen LogP) is 2.67. The molecule has 0 N–H and O–H groups in total. The maximum absolute atomic E-state index is 12.9. The van der Waals surface area contributed by atoms with E-state index in [0.29, 0.717) is 13.0 Å². The van der Waals surface area contributed by atoms with E-state index >= 15 is 0 Å². The molecule has 0 spiro atoms. The van der Waals surface area contributed by atoms with Crippen LogP contribution < -0.4 is 0 Å². The summed E-state index contributed by atoms with van der Waals surface area (Å²) < 4.78 is 22.6. The monoisotopic (exact) mass is 319 g/mol. The number of amides is 1. The highest BCUT2D eigenvalue weighted by Crippen LogP contribution is 2.10. The second-order valence-corrected chi connectivity index (χ2v) is 4.97. The second kappa shape index (κ2) is 8.12. The van der Waals surface area contributed by atoms with Crippen molar-refractivity contribution in [1.82, 2.24) is 4.90 Å². The molecule has 122 valence electrons. The lowest BCUT2D eigenvalue weighted by atomic mass is 10.1. The maximum atomic E-state index is 12.9. The van der Waals surface area contributed by atoms with Gasteiger partial charge in [-0.15, -0.1) is 0 Å². The van der Waals surface area contributed by atoms with Gasteiger partial charge in [0.25, 0.3) is 5.91 Å². The van der Waals surface area contributed by atoms with Crippen LogP contribution in [0.25, 0.3) is 0 Å². The lowest BCUT2D eigenvalue weighted by Gasteiger charge is -2.21. The lowest BCUT2D eigenvalue weighted by molar-refractivity contribution is -0.140. The van der Waals surface area contributed by atoms with E-state index in [0.717, 1.165) is 5.56 Å². The topological polar surface area (TPSA) is 59.8 Å². The molecule has 2 aromatic rings. The van der Waals surface area contributed by atoms with Gasteiger partial charge >= 0.3 is 5.97 Å². The molecule has 0 aliphatic heterocycles. The Bertz CT molecular complexity index is 637. The van der Waals surface area contributed by atoms with E-state index in [1.165, 1.54) is 30.4 Å². The number of rotatable bonds is 7. The van der Waals surface area contributed by atoms with E-state index in [-0.39, 0.29) is 36.4 Å². The van der Waals surface area contributed by atoms with Crippen molar-refractivity contribution in [3.8, 4) is 0 Å². The number of hydrogen-bond donors (Lipinski definition) is 0. The number of furan rings is 1. The third-order valence-corrected chi connectivity index (χ3v) is 3.42. The first-order valence-corrected chi connectivity index (χ1v) is 7.24. The third kappa shape index (κ3) is 4.95. The van der Waals surface area contributed by atoms with Crippen molar-refractivity contribution in [2.75, 3.05) is 20.2 Å². The highest BCUT2D eigenvalue weighted by Gasteiger charge is 2.19. The number of carbonyl (C=O) groups is 2. The third-order valence-electron chi connectivity index (χ3n) is 3.42. The summed E-state index contributed by atoms with van der Waals surface area (Å²) in [6, 6.07) is 9.30. The summed E-state index contributed by atoms with van der Waals surface area (Å²) in [6.45, 7) is 0.621. The smallest absolute Gasteiger partial charge is 0.307 e. The van der Waals surface area contributed by atoms with Crippen molar-refractivity contribution >= 4 is 11.9 Å². The molecule has 0 unspecified atom stereocenters. The van der Waals surface area contributed by atoms with Crippen molar-refractivity contribution in [2.24, 2.45) is 0 Å². The molecule has 1 amide bonds. The van der Waals surface area contributed by atoms with Crippen LogP contribution in [0.1, 0.15) is 22.5 Å². The van der Waals surface area contributed by atoms with Crippen LogP contribution >= 0.6 is 0 Å². The Kier molecular flexibility index (Phi) is 5.91. The molecule has 1 heterocycles. The highest BCUT2D eigenvalue weighted by molar-refractivity contribution is 5.91. The van der Waals surface area contributed by atoms with Crippen molar-refractivity contribution in [3.05, 3.63) is 59.8 Å². The SMILES string of the molecule is COC(=O)CCN(CCc1ccc(F)cc1)C(=O)c1ccco1. The fraction of sp³-hybridized carbons (Fsp3) is 0.294. The number of carbonyl (C=O) groups excluding carboxylic acids is 2. The average molecular weight is 319 g/mol. The zero-order chi connectivity index (χ0) is 16.7. The van der Waals surface area contributed by atoms with Gasteiger partial charge in [-0.2, -0.15) is 0 Å². The van der Waals surface area contributed by atoms with E-state index in [9.17, 15) is 14.0 Å². The van der Waals surface area contributed by atoms with Gasteiger partial charge in [-0.1, -0.05) is 12.1 Å². The van der Waals surface area contributed by atoms with Crippen molar-refractivity contribution in [1.29, 1.82) is 0 Å². The van der Waals surface area contributed by atoms with Gasteiger partial charge in [-0.05, 0) is 36.2 Å². The number of esters is 1. The van der Waals surface area contributed by atoms with Crippen molar-refractivity contribution in [2.45, 2.75) is 12.8 Å². The van der Waals surface area contributed by atoms with Crippen LogP contribution in [0.4, 0.5) is 4.39 Å². The van der Waals surface area contributed by atoms with Crippen LogP contribution in [0.5, 0.6) is 0 Å². The Morgan fingerprint density at radius 2 is 1.91 bits per heavy atom. The molecule has 23 heavy (non-hydrogen) atoms. The Balaban J connectivity index is 2.01. The minimum atomic E-state index is -0.385. The molecule has 0 radical (unpaired) electrons. The largest absolute Gasteiger partial charge is 0.469 e. The van der Waals surface area contributed by atoms with Gasteiger partial charge in [0, 0.05) is 13.1 Å². The molecule has 5 nitrogen and oxygen atoms in total. The summed E-state index contributed by atoms with van der Waals surface area (Å²) in [6.07, 6.45) is 2.08. The fourth-order valence-electron chi connectivity index (χ4n) is 2.11. The molecule has 0 aliphatic carbocycles. The summed E-state index contributed by atoms with van der Waals surface area (Å²) >= 11 is 0. The standard InChI is InChI=1S/C17H18FNO4/c1-22-16(20)9-11-19(17(21)15-3-2-12-23-15)10-8-13-4-6-14(18)7-5-13/h2-7,12H,8-11H2,1H3. The molecular weight excluding hydrogens is 301 g/mol. The van der Waals surface area contributed by atoms with Gasteiger partial charge in [0.15, 0.2) is 5.76 Å². The Morgan fingerprint density at radius 3 is 2.52 bits per heavy atom. The minimum absolute atomic E-state index is 0.104. The van der Waals surface area contributed by atoms with E-state index in [2.05, 4.69) is 4.74 Å². The molecular formula is C17H18FNO4. The van der Waals surface area contributed by atoms with Crippen LogP contribution in [0.3, 0.4) is 0 Å². The van der Waals surface area contributed by atoms with E-state index < -0.39 is 0 Å². The summed E-state index contributed by atoms with van der Waals surface area (Å²) in [5.41, 5.74) is 0.904. The summed E-state index contributed by atoms with van der Waals surface area (Å²) in [4.78, 5) is 25.2. The predicted molar refractivity (Wildman–Crippen MR) is 81.3 cm³/mol. The van der Waals surface area contributed by atoms with E-state index in [4.69, 9.17) is 4.42 Å². The number of nitrogens with zero attached hydrogens (tertiary/aromatic N) is 1. The normalized spacial score (nSPS) is 10.3. The Morgan fingerprint density at radius 1 is 1.17 bits per heavy atom. The molecule has 1 aromatic heterocycles.